The average Bonchev–Trinajstić information content (AvgIpc) is 2.56. The van der Waals surface area contributed by atoms with Crippen molar-refractivity contribution in [3.8, 4) is 5.75 Å². The van der Waals surface area contributed by atoms with Crippen LogP contribution in [-0.4, -0.2) is 11.5 Å². The molecular weight excluding hydrogens is 260 g/mol. The summed E-state index contributed by atoms with van der Waals surface area (Å²) in [6.45, 7) is 0.903. The molecule has 0 saturated carbocycles. The van der Waals surface area contributed by atoms with Crippen molar-refractivity contribution in [3.63, 3.8) is 0 Å². The lowest BCUT2D eigenvalue weighted by molar-refractivity contribution is 0.273. The van der Waals surface area contributed by atoms with E-state index in [-0.39, 0.29) is 0 Å². The number of hydroxylamine groups is 1. The number of aryl methyl sites for hydroxylation is 1. The van der Waals surface area contributed by atoms with Crippen LogP contribution in [0.15, 0.2) is 60.8 Å². The normalized spacial score (nSPS) is 14.0. The van der Waals surface area contributed by atoms with Crippen LogP contribution in [0, 0.1) is 0 Å². The lowest BCUT2D eigenvalue weighted by Crippen LogP contribution is -2.32. The van der Waals surface area contributed by atoms with E-state index in [1.165, 1.54) is 5.56 Å². The predicted octanol–water partition coefficient (Wildman–Crippen LogP) is 3.98. The first-order valence-electron chi connectivity index (χ1n) is 7.29. The Morgan fingerprint density at radius 1 is 0.952 bits per heavy atom. The molecule has 3 aromatic rings. The number of nitrogens with zero attached hydrogens (tertiary/aromatic N) is 2. The molecule has 0 N–H and O–H groups in total. The van der Waals surface area contributed by atoms with Gasteiger partial charge in [-0.3, -0.25) is 4.98 Å². The van der Waals surface area contributed by atoms with Gasteiger partial charge in [0.25, 0.3) is 0 Å². The highest BCUT2D eigenvalue weighted by atomic mass is 16.7. The molecule has 1 aromatic heterocycles. The zero-order valence-electron chi connectivity index (χ0n) is 11.7. The van der Waals surface area contributed by atoms with Gasteiger partial charge < -0.3 is 4.84 Å². The summed E-state index contributed by atoms with van der Waals surface area (Å²) in [5, 5.41) is 3.09. The Balaban J connectivity index is 1.73. The second kappa shape index (κ2) is 5.09. The van der Waals surface area contributed by atoms with Crippen molar-refractivity contribution in [2.45, 2.75) is 12.8 Å². The summed E-state index contributed by atoms with van der Waals surface area (Å²) in [6.07, 6.45) is 4.03. The van der Waals surface area contributed by atoms with Gasteiger partial charge in [-0.2, -0.15) is 0 Å². The van der Waals surface area contributed by atoms with E-state index >= 15 is 0 Å². The van der Waals surface area contributed by atoms with Crippen molar-refractivity contribution in [2.24, 2.45) is 0 Å². The van der Waals surface area contributed by atoms with Crippen LogP contribution in [0.1, 0.15) is 12.0 Å². The predicted molar refractivity (Wildman–Crippen MR) is 84.5 cm³/mol. The Bertz CT molecular complexity index is 780. The summed E-state index contributed by atoms with van der Waals surface area (Å²) in [5.41, 5.74) is 3.41. The topological polar surface area (TPSA) is 25.4 Å². The highest BCUT2D eigenvalue weighted by Crippen LogP contribution is 2.30. The molecule has 0 unspecified atom stereocenters. The summed E-state index contributed by atoms with van der Waals surface area (Å²) >= 11 is 0. The summed E-state index contributed by atoms with van der Waals surface area (Å²) < 4.78 is 0. The van der Waals surface area contributed by atoms with E-state index in [4.69, 9.17) is 4.84 Å². The van der Waals surface area contributed by atoms with Gasteiger partial charge in [-0.1, -0.05) is 36.4 Å². The molecule has 1 aliphatic heterocycles. The molecule has 0 saturated heterocycles. The minimum absolute atomic E-state index is 0.810. The first-order chi connectivity index (χ1) is 10.4. The molecule has 21 heavy (non-hydrogen) atoms. The Morgan fingerprint density at radius 3 is 2.86 bits per heavy atom. The molecule has 3 nitrogen and oxygen atoms in total. The number of anilines is 1. The molecule has 0 aliphatic carbocycles. The number of hydrogen-bond donors (Lipinski definition) is 0. The molecule has 0 bridgehead atoms. The third-order valence-electron chi connectivity index (χ3n) is 3.87. The minimum atomic E-state index is 0.810. The standard InChI is InChI=1S/C18H16N2O/c1-2-10-16-14(6-1)9-5-13-20(16)21-17-11-3-7-15-8-4-12-19-18(15)17/h1-4,6-8,10-12H,5,9,13H2. The van der Waals surface area contributed by atoms with E-state index < -0.39 is 0 Å². The van der Waals surface area contributed by atoms with E-state index in [1.807, 2.05) is 23.3 Å². The van der Waals surface area contributed by atoms with Gasteiger partial charge in [0.1, 0.15) is 5.52 Å². The molecule has 104 valence electrons. The van der Waals surface area contributed by atoms with Crippen LogP contribution in [-0.2, 0) is 6.42 Å². The third kappa shape index (κ3) is 2.21. The van der Waals surface area contributed by atoms with Gasteiger partial charge in [0.05, 0.1) is 12.2 Å². The molecular formula is C18H16N2O. The van der Waals surface area contributed by atoms with Crippen LogP contribution in [0.2, 0.25) is 0 Å². The molecule has 0 amide bonds. The fourth-order valence-corrected chi connectivity index (χ4v) is 2.86. The lowest BCUT2D eigenvalue weighted by Gasteiger charge is -2.30. The quantitative estimate of drug-likeness (QED) is 0.708. The summed E-state index contributed by atoms with van der Waals surface area (Å²) in [7, 11) is 0. The fraction of sp³-hybridized carbons (Fsp3) is 0.167. The van der Waals surface area contributed by atoms with Crippen molar-refractivity contribution in [1.29, 1.82) is 0 Å². The van der Waals surface area contributed by atoms with E-state index in [9.17, 15) is 0 Å². The van der Waals surface area contributed by atoms with Gasteiger partial charge >= 0.3 is 0 Å². The Hall–Kier alpha value is -2.55. The molecule has 1 aliphatic rings. The van der Waals surface area contributed by atoms with Crippen LogP contribution in [0.4, 0.5) is 5.69 Å². The molecule has 0 spiro atoms. The number of rotatable bonds is 2. The summed E-state index contributed by atoms with van der Waals surface area (Å²) in [4.78, 5) is 10.6. The first-order valence-corrected chi connectivity index (χ1v) is 7.29. The number of pyridine rings is 1. The lowest BCUT2D eigenvalue weighted by atomic mass is 10.0. The van der Waals surface area contributed by atoms with Crippen LogP contribution >= 0.6 is 0 Å². The van der Waals surface area contributed by atoms with Gasteiger partial charge in [0.2, 0.25) is 0 Å². The number of benzene rings is 2. The van der Waals surface area contributed by atoms with Gasteiger partial charge in [0.15, 0.2) is 5.75 Å². The Labute approximate surface area is 123 Å². The van der Waals surface area contributed by atoms with Crippen molar-refractivity contribution in [3.05, 3.63) is 66.4 Å². The third-order valence-corrected chi connectivity index (χ3v) is 3.87. The SMILES string of the molecule is c1ccc2c(c1)CCCN2Oc1cccc2cccnc12. The monoisotopic (exact) mass is 276 g/mol. The number of aromatic nitrogens is 1. The molecule has 0 radical (unpaired) electrons. The Kier molecular flexibility index (Phi) is 2.96. The highest BCUT2D eigenvalue weighted by molar-refractivity contribution is 5.84. The number of hydrogen-bond acceptors (Lipinski definition) is 3. The van der Waals surface area contributed by atoms with Crippen molar-refractivity contribution >= 4 is 16.6 Å². The maximum atomic E-state index is 6.17. The zero-order valence-corrected chi connectivity index (χ0v) is 11.7. The molecule has 2 aromatic carbocycles. The van der Waals surface area contributed by atoms with Crippen molar-refractivity contribution in [1.82, 2.24) is 4.98 Å². The molecule has 2 heterocycles. The summed E-state index contributed by atoms with van der Waals surface area (Å²) in [5.74, 6) is 0.810. The summed E-state index contributed by atoms with van der Waals surface area (Å²) in [6, 6.07) is 18.5. The maximum Gasteiger partial charge on any atom is 0.181 e. The van der Waals surface area contributed by atoms with Gasteiger partial charge in [-0.25, -0.2) is 5.06 Å². The van der Waals surface area contributed by atoms with E-state index in [1.54, 1.807) is 6.20 Å². The average molecular weight is 276 g/mol. The highest BCUT2D eigenvalue weighted by Gasteiger charge is 2.18. The second-order valence-electron chi connectivity index (χ2n) is 5.26. The number of para-hydroxylation sites is 2. The van der Waals surface area contributed by atoms with Crippen LogP contribution in [0.25, 0.3) is 10.9 Å². The zero-order chi connectivity index (χ0) is 14.1. The van der Waals surface area contributed by atoms with Crippen LogP contribution in [0.3, 0.4) is 0 Å². The first kappa shape index (κ1) is 12.2. The van der Waals surface area contributed by atoms with Gasteiger partial charge in [-0.05, 0) is 36.6 Å². The van der Waals surface area contributed by atoms with Crippen LogP contribution < -0.4 is 9.90 Å². The maximum absolute atomic E-state index is 6.17. The van der Waals surface area contributed by atoms with Gasteiger partial charge in [0, 0.05) is 11.6 Å². The minimum Gasteiger partial charge on any atom is -0.377 e. The molecule has 0 atom stereocenters. The van der Waals surface area contributed by atoms with E-state index in [2.05, 4.69) is 41.4 Å². The van der Waals surface area contributed by atoms with E-state index in [0.717, 1.165) is 41.7 Å². The fourth-order valence-electron chi connectivity index (χ4n) is 2.86. The van der Waals surface area contributed by atoms with Crippen molar-refractivity contribution < 1.29 is 4.84 Å². The molecule has 3 heteroatoms. The second-order valence-corrected chi connectivity index (χ2v) is 5.26. The van der Waals surface area contributed by atoms with Crippen molar-refractivity contribution in [2.75, 3.05) is 11.6 Å². The van der Waals surface area contributed by atoms with Crippen LogP contribution in [0.5, 0.6) is 5.75 Å². The largest absolute Gasteiger partial charge is 0.377 e. The Morgan fingerprint density at radius 2 is 1.86 bits per heavy atom. The number of fused-ring (bicyclic) bond motifs is 2. The molecule has 4 rings (SSSR count). The molecule has 0 fully saturated rings. The smallest absolute Gasteiger partial charge is 0.181 e. The van der Waals surface area contributed by atoms with E-state index in [0.29, 0.717) is 0 Å². The van der Waals surface area contributed by atoms with Gasteiger partial charge in [-0.15, -0.1) is 0 Å².